The number of ether oxygens (including phenoxy) is 2. The molecule has 8 heteroatoms. The molecule has 0 radical (unpaired) electrons. The summed E-state index contributed by atoms with van der Waals surface area (Å²) in [6.07, 6.45) is 4.02. The van der Waals surface area contributed by atoms with Crippen molar-refractivity contribution >= 4 is 38.6 Å². The molecule has 1 saturated heterocycles. The Labute approximate surface area is 190 Å². The van der Waals surface area contributed by atoms with Crippen molar-refractivity contribution in [3.05, 3.63) is 72.8 Å². The summed E-state index contributed by atoms with van der Waals surface area (Å²) in [6.45, 7) is 4.59. The van der Waals surface area contributed by atoms with Crippen LogP contribution in [0.3, 0.4) is 0 Å². The highest BCUT2D eigenvalue weighted by molar-refractivity contribution is 7.22. The van der Waals surface area contributed by atoms with Crippen LogP contribution in [0.15, 0.2) is 77.8 Å². The number of nitrogens with two attached hydrogens (primary N) is 1. The van der Waals surface area contributed by atoms with Gasteiger partial charge in [0.15, 0.2) is 5.13 Å². The second-order valence-corrected chi connectivity index (χ2v) is 8.31. The number of thiazole rings is 1. The van der Waals surface area contributed by atoms with Crippen LogP contribution in [-0.2, 0) is 4.74 Å². The van der Waals surface area contributed by atoms with Gasteiger partial charge in [-0.2, -0.15) is 5.26 Å². The number of allylic oxidation sites excluding steroid dienone is 2. The van der Waals surface area contributed by atoms with E-state index in [0.717, 1.165) is 21.0 Å². The van der Waals surface area contributed by atoms with Gasteiger partial charge < -0.3 is 20.5 Å². The smallest absolute Gasteiger partial charge is 0.239 e. The number of para-hydroxylation sites is 1. The van der Waals surface area contributed by atoms with E-state index in [2.05, 4.69) is 27.9 Å². The maximum absolute atomic E-state index is 9.82. The van der Waals surface area contributed by atoms with Crippen molar-refractivity contribution in [2.75, 3.05) is 18.5 Å². The van der Waals surface area contributed by atoms with Gasteiger partial charge in [0.25, 0.3) is 0 Å². The van der Waals surface area contributed by atoms with Gasteiger partial charge in [0.2, 0.25) is 5.88 Å². The van der Waals surface area contributed by atoms with Gasteiger partial charge in [-0.05, 0) is 49.2 Å². The van der Waals surface area contributed by atoms with E-state index in [1.54, 1.807) is 11.3 Å². The Morgan fingerprint density at radius 3 is 2.69 bits per heavy atom. The molecular weight excluding hydrogens is 422 g/mol. The maximum Gasteiger partial charge on any atom is 0.239 e. The highest BCUT2D eigenvalue weighted by atomic mass is 32.1. The van der Waals surface area contributed by atoms with Gasteiger partial charge in [-0.25, -0.2) is 9.98 Å². The van der Waals surface area contributed by atoms with E-state index in [9.17, 15) is 5.26 Å². The molecule has 1 aliphatic rings. The normalized spacial score (nSPS) is 16.3. The Bertz CT molecular complexity index is 1170. The van der Waals surface area contributed by atoms with Crippen LogP contribution < -0.4 is 15.8 Å². The molecule has 1 aromatic heterocycles. The zero-order chi connectivity index (χ0) is 22.4. The average molecular weight is 446 g/mol. The van der Waals surface area contributed by atoms with Crippen LogP contribution in [0.5, 0.6) is 5.75 Å². The van der Waals surface area contributed by atoms with E-state index in [-0.39, 0.29) is 5.88 Å². The number of nitrogens with one attached hydrogen (secondary N) is 1. The minimum absolute atomic E-state index is 0.195. The van der Waals surface area contributed by atoms with Crippen LogP contribution in [0.2, 0.25) is 0 Å². The third-order valence-electron chi connectivity index (χ3n) is 5.22. The van der Waals surface area contributed by atoms with Crippen LogP contribution in [-0.4, -0.2) is 24.4 Å². The molecule has 3 N–H and O–H groups in total. The molecule has 0 unspecified atom stereocenters. The van der Waals surface area contributed by atoms with Crippen LogP contribution in [0.4, 0.5) is 10.8 Å². The Balaban J connectivity index is 1.54. The highest BCUT2D eigenvalue weighted by Crippen LogP contribution is 2.37. The fraction of sp³-hybridized carbons (Fsp3) is 0.208. The van der Waals surface area contributed by atoms with E-state index in [0.29, 0.717) is 37.5 Å². The molecule has 4 rings (SSSR count). The van der Waals surface area contributed by atoms with Crippen molar-refractivity contribution in [3.8, 4) is 11.8 Å². The summed E-state index contributed by atoms with van der Waals surface area (Å²) in [5.41, 5.74) is 7.69. The summed E-state index contributed by atoms with van der Waals surface area (Å²) in [5, 5.41) is 13.9. The number of hydrogen-bond donors (Lipinski definition) is 2. The summed E-state index contributed by atoms with van der Waals surface area (Å²) < 4.78 is 12.5. The topological polar surface area (TPSA) is 106 Å². The number of fused-ring (bicyclic) bond motifs is 1. The van der Waals surface area contributed by atoms with Gasteiger partial charge in [-0.1, -0.05) is 36.1 Å². The van der Waals surface area contributed by atoms with Crippen molar-refractivity contribution < 1.29 is 9.47 Å². The number of nitriles is 1. The molecule has 162 valence electrons. The molecular formula is C24H23N5O2S. The quantitative estimate of drug-likeness (QED) is 0.386. The predicted octanol–water partition coefficient (Wildman–Crippen LogP) is 5.12. The molecule has 0 aliphatic carbocycles. The van der Waals surface area contributed by atoms with E-state index >= 15 is 0 Å². The van der Waals surface area contributed by atoms with Crippen LogP contribution in [0, 0.1) is 16.7 Å². The molecule has 0 saturated carbocycles. The molecule has 1 fully saturated rings. The lowest BCUT2D eigenvalue weighted by atomic mass is 9.79. The summed E-state index contributed by atoms with van der Waals surface area (Å²) in [6, 6.07) is 17.8. The van der Waals surface area contributed by atoms with Crippen LogP contribution in [0.25, 0.3) is 10.2 Å². The second kappa shape index (κ2) is 9.64. The standard InChI is InChI=1S/C24H23N5O2S/c1-2-13-27-22(21(26)24(16-25)11-14-30-15-12-24)31-18-9-7-17(8-10-18)28-23-29-19-5-3-4-6-20(19)32-23/h2-10,13H,1,11-12,14-15,26H2,(H,28,29)/b22-21+,27-13-. The number of nitrogens with zero attached hydrogens (tertiary/aromatic N) is 3. The first-order valence-electron chi connectivity index (χ1n) is 10.2. The first-order valence-corrected chi connectivity index (χ1v) is 11.0. The largest absolute Gasteiger partial charge is 0.437 e. The van der Waals surface area contributed by atoms with Crippen molar-refractivity contribution in [1.29, 1.82) is 5.26 Å². The third kappa shape index (κ3) is 4.64. The van der Waals surface area contributed by atoms with Crippen LogP contribution >= 0.6 is 11.3 Å². The molecule has 2 heterocycles. The monoisotopic (exact) mass is 445 g/mol. The number of benzene rings is 2. The molecule has 2 aromatic carbocycles. The molecule has 32 heavy (non-hydrogen) atoms. The molecule has 0 atom stereocenters. The van der Waals surface area contributed by atoms with Crippen molar-refractivity contribution in [1.82, 2.24) is 4.98 Å². The number of anilines is 2. The SMILES string of the molecule is C=C/C=N\C(Oc1ccc(Nc2nc3ccccc3s2)cc1)=C(/N)C1(C#N)CCOCC1. The molecule has 0 amide bonds. The Morgan fingerprint density at radius 2 is 2.00 bits per heavy atom. The fourth-order valence-electron chi connectivity index (χ4n) is 3.40. The minimum atomic E-state index is -0.861. The summed E-state index contributed by atoms with van der Waals surface area (Å²) >= 11 is 1.59. The van der Waals surface area contributed by atoms with E-state index in [1.807, 2.05) is 48.5 Å². The summed E-state index contributed by atoms with van der Waals surface area (Å²) in [4.78, 5) is 8.88. The molecule has 3 aromatic rings. The van der Waals surface area contributed by atoms with E-state index in [1.165, 1.54) is 12.3 Å². The summed E-state index contributed by atoms with van der Waals surface area (Å²) in [5.74, 6) is 0.749. The molecule has 1 aliphatic heterocycles. The number of aliphatic imine (C=N–C) groups is 1. The molecule has 0 bridgehead atoms. The molecule has 0 spiro atoms. The van der Waals surface area contributed by atoms with Gasteiger partial charge in [-0.15, -0.1) is 0 Å². The third-order valence-corrected chi connectivity index (χ3v) is 6.17. The minimum Gasteiger partial charge on any atom is -0.437 e. The first-order chi connectivity index (χ1) is 15.6. The number of aromatic nitrogens is 1. The number of rotatable bonds is 7. The van der Waals surface area contributed by atoms with E-state index in [4.69, 9.17) is 15.2 Å². The first kappa shape index (κ1) is 21.6. The van der Waals surface area contributed by atoms with Crippen molar-refractivity contribution in [3.63, 3.8) is 0 Å². The Morgan fingerprint density at radius 1 is 1.25 bits per heavy atom. The second-order valence-electron chi connectivity index (χ2n) is 7.28. The van der Waals surface area contributed by atoms with Gasteiger partial charge in [0.05, 0.1) is 22.0 Å². The lowest BCUT2D eigenvalue weighted by molar-refractivity contribution is 0.0521. The number of hydrogen-bond acceptors (Lipinski definition) is 8. The van der Waals surface area contributed by atoms with E-state index < -0.39 is 5.41 Å². The van der Waals surface area contributed by atoms with Gasteiger partial charge in [0, 0.05) is 25.1 Å². The summed E-state index contributed by atoms with van der Waals surface area (Å²) in [7, 11) is 0. The molecule has 7 nitrogen and oxygen atoms in total. The average Bonchev–Trinajstić information content (AvgIpc) is 3.25. The lowest BCUT2D eigenvalue weighted by Crippen LogP contribution is -2.35. The van der Waals surface area contributed by atoms with Gasteiger partial charge in [-0.3, -0.25) is 0 Å². The Hall–Kier alpha value is -3.67. The Kier molecular flexibility index (Phi) is 6.50. The van der Waals surface area contributed by atoms with Crippen LogP contribution in [0.1, 0.15) is 12.8 Å². The highest BCUT2D eigenvalue weighted by Gasteiger charge is 2.38. The zero-order valence-electron chi connectivity index (χ0n) is 17.5. The lowest BCUT2D eigenvalue weighted by Gasteiger charge is -2.31. The van der Waals surface area contributed by atoms with Crippen molar-refractivity contribution in [2.24, 2.45) is 16.1 Å². The zero-order valence-corrected chi connectivity index (χ0v) is 18.3. The van der Waals surface area contributed by atoms with Gasteiger partial charge in [0.1, 0.15) is 11.2 Å². The fourth-order valence-corrected chi connectivity index (χ4v) is 4.29. The van der Waals surface area contributed by atoms with Crippen molar-refractivity contribution in [2.45, 2.75) is 12.8 Å². The maximum atomic E-state index is 9.82. The predicted molar refractivity (Wildman–Crippen MR) is 128 cm³/mol. The van der Waals surface area contributed by atoms with Gasteiger partial charge >= 0.3 is 0 Å².